The highest BCUT2D eigenvalue weighted by Crippen LogP contribution is 2.42. The Bertz CT molecular complexity index is 1410. The molecule has 0 radical (unpaired) electrons. The quantitative estimate of drug-likeness (QED) is 0.291. The van der Waals surface area contributed by atoms with Crippen LogP contribution in [0.5, 0.6) is 5.88 Å². The van der Waals surface area contributed by atoms with Crippen LogP contribution in [0.1, 0.15) is 34.4 Å². The van der Waals surface area contributed by atoms with Crippen molar-refractivity contribution in [1.29, 1.82) is 0 Å². The predicted octanol–water partition coefficient (Wildman–Crippen LogP) is 5.91. The molecule has 1 aliphatic rings. The molecule has 3 heterocycles. The Morgan fingerprint density at radius 3 is 2.86 bits per heavy atom. The van der Waals surface area contributed by atoms with E-state index in [1.165, 1.54) is 29.5 Å². The molecule has 182 valence electrons. The minimum absolute atomic E-state index is 0.000152. The first-order chi connectivity index (χ1) is 16.7. The number of anilines is 1. The third kappa shape index (κ3) is 4.86. The van der Waals surface area contributed by atoms with Gasteiger partial charge in [0.15, 0.2) is 5.13 Å². The molecule has 2 aromatic heterocycles. The fourth-order valence-electron chi connectivity index (χ4n) is 4.24. The first kappa shape index (κ1) is 23.7. The lowest BCUT2D eigenvalue weighted by molar-refractivity contribution is -0.137. The topological polar surface area (TPSA) is 91.1 Å². The number of piperidine rings is 1. The molecule has 1 fully saturated rings. The van der Waals surface area contributed by atoms with Gasteiger partial charge in [0.05, 0.1) is 17.3 Å². The van der Waals surface area contributed by atoms with Crippen molar-refractivity contribution in [2.75, 3.05) is 18.0 Å². The molecule has 1 atom stereocenters. The molecule has 0 saturated carbocycles. The second-order valence-electron chi connectivity index (χ2n) is 8.46. The number of thiazole rings is 1. The van der Waals surface area contributed by atoms with Gasteiger partial charge in [0.1, 0.15) is 4.88 Å². The van der Waals surface area contributed by atoms with E-state index in [0.717, 1.165) is 36.4 Å². The van der Waals surface area contributed by atoms with Gasteiger partial charge in [-0.15, -0.1) is 0 Å². The van der Waals surface area contributed by atoms with Gasteiger partial charge < -0.3 is 15.7 Å². The Hall–Kier alpha value is -3.08. The number of aromatic nitrogens is 3. The van der Waals surface area contributed by atoms with E-state index in [0.29, 0.717) is 27.7 Å². The number of nitrogens with two attached hydrogens (primary N) is 1. The van der Waals surface area contributed by atoms with Crippen LogP contribution in [0.3, 0.4) is 0 Å². The highest BCUT2D eigenvalue weighted by Gasteiger charge is 2.33. The highest BCUT2D eigenvalue weighted by molar-refractivity contribution is 7.17. The zero-order valence-electron chi connectivity index (χ0n) is 18.3. The van der Waals surface area contributed by atoms with E-state index in [1.807, 2.05) is 11.0 Å². The smallest absolute Gasteiger partial charge is 0.417 e. The average molecular weight is 520 g/mol. The lowest BCUT2D eigenvalue weighted by Gasteiger charge is -2.30. The molecule has 6 nitrogen and oxygen atoms in total. The number of aromatic hydroxyl groups is 1. The third-order valence-corrected chi connectivity index (χ3v) is 7.32. The van der Waals surface area contributed by atoms with Crippen molar-refractivity contribution >= 4 is 50.6 Å². The monoisotopic (exact) mass is 519 g/mol. The van der Waals surface area contributed by atoms with E-state index in [2.05, 4.69) is 15.2 Å². The van der Waals surface area contributed by atoms with Crippen LogP contribution < -0.4 is 10.6 Å². The van der Waals surface area contributed by atoms with E-state index < -0.39 is 11.7 Å². The van der Waals surface area contributed by atoms with Gasteiger partial charge in [0.2, 0.25) is 5.88 Å². The summed E-state index contributed by atoms with van der Waals surface area (Å²) in [5.74, 6) is -0.245. The number of rotatable bonds is 4. The third-order valence-electron chi connectivity index (χ3n) is 5.94. The maximum Gasteiger partial charge on any atom is 0.417 e. The number of hydrogen-bond donors (Lipinski definition) is 3. The number of alkyl halides is 3. The lowest BCUT2D eigenvalue weighted by Crippen LogP contribution is -2.42. The van der Waals surface area contributed by atoms with Crippen LogP contribution in [-0.4, -0.2) is 39.4 Å². The fourth-order valence-corrected chi connectivity index (χ4v) is 5.45. The van der Waals surface area contributed by atoms with Gasteiger partial charge in [-0.25, -0.2) is 0 Å². The zero-order valence-corrected chi connectivity index (χ0v) is 19.9. The molecule has 0 unspecified atom stereocenters. The second-order valence-corrected chi connectivity index (χ2v) is 9.87. The first-order valence-electron chi connectivity index (χ1n) is 10.9. The summed E-state index contributed by atoms with van der Waals surface area (Å²) in [6.45, 7) is 1.34. The Morgan fingerprint density at radius 1 is 1.26 bits per heavy atom. The predicted molar refractivity (Wildman–Crippen MR) is 133 cm³/mol. The molecule has 5 rings (SSSR count). The fraction of sp³-hybridized carbons (Fsp3) is 0.250. The summed E-state index contributed by atoms with van der Waals surface area (Å²) in [6.07, 6.45) is 0.247. The summed E-state index contributed by atoms with van der Waals surface area (Å²) < 4.78 is 41.5. The summed E-state index contributed by atoms with van der Waals surface area (Å²) in [5, 5.41) is 19.1. The van der Waals surface area contributed by atoms with Crippen molar-refractivity contribution < 1.29 is 18.3 Å². The molecule has 11 heteroatoms. The van der Waals surface area contributed by atoms with Crippen LogP contribution in [0.4, 0.5) is 18.3 Å². The van der Waals surface area contributed by atoms with E-state index in [1.54, 1.807) is 18.3 Å². The summed E-state index contributed by atoms with van der Waals surface area (Å²) in [7, 11) is 0. The van der Waals surface area contributed by atoms with Gasteiger partial charge in [-0.2, -0.15) is 23.3 Å². The van der Waals surface area contributed by atoms with Gasteiger partial charge >= 0.3 is 6.18 Å². The van der Waals surface area contributed by atoms with Crippen LogP contribution in [0.15, 0.2) is 42.6 Å². The van der Waals surface area contributed by atoms with E-state index in [4.69, 9.17) is 17.3 Å². The molecular formula is C24H21ClF3N5OS. The summed E-state index contributed by atoms with van der Waals surface area (Å²) >= 11 is 7.10. The molecule has 1 saturated heterocycles. The summed E-state index contributed by atoms with van der Waals surface area (Å²) in [5.41, 5.74) is 6.98. The summed E-state index contributed by atoms with van der Waals surface area (Å²) in [4.78, 5) is 6.70. The maximum absolute atomic E-state index is 13.8. The average Bonchev–Trinajstić information content (AvgIpc) is 3.43. The molecule has 0 aliphatic carbocycles. The molecule has 0 spiro atoms. The first-order valence-corrected chi connectivity index (χ1v) is 12.1. The Morgan fingerprint density at radius 2 is 2.09 bits per heavy atom. The molecule has 4 aromatic rings. The van der Waals surface area contributed by atoms with Crippen LogP contribution in [-0.2, 0) is 6.18 Å². The molecule has 2 aromatic carbocycles. The van der Waals surface area contributed by atoms with Gasteiger partial charge in [-0.3, -0.25) is 5.10 Å². The molecule has 0 bridgehead atoms. The van der Waals surface area contributed by atoms with Gasteiger partial charge in [-0.1, -0.05) is 35.1 Å². The van der Waals surface area contributed by atoms with Crippen LogP contribution in [0.2, 0.25) is 5.02 Å². The van der Waals surface area contributed by atoms with E-state index in [-0.39, 0.29) is 22.5 Å². The zero-order chi connectivity index (χ0) is 24.7. The standard InChI is InChI=1S/C24H21ClF3N5OS/c25-16-5-3-14(19(10-16)24(26,27)28)9-18(13-4-6-20-15(8-13)11-30-32-20)21-22(34)31-23(35-21)33-7-1-2-17(29)12-33/h3-6,8-11,17,34H,1-2,7,12,29H2,(H,30,32)/t17-/m0/s1. The molecule has 4 N–H and O–H groups in total. The van der Waals surface area contributed by atoms with Crippen molar-refractivity contribution in [1.82, 2.24) is 15.2 Å². The largest absolute Gasteiger partial charge is 0.492 e. The van der Waals surface area contributed by atoms with E-state index >= 15 is 0 Å². The normalized spacial score (nSPS) is 17.3. The van der Waals surface area contributed by atoms with Crippen molar-refractivity contribution in [3.63, 3.8) is 0 Å². The number of H-pyrrole nitrogens is 1. The number of fused-ring (bicyclic) bond motifs is 1. The SMILES string of the molecule is N[C@H]1CCCN(c2nc(O)c(C(=Cc3ccc(Cl)cc3C(F)(F)F)c3ccc4[nH]ncc4c3)s2)C1. The molecule has 0 amide bonds. The Labute approximate surface area is 207 Å². The Kier molecular flexibility index (Phi) is 6.20. The molecule has 1 aliphatic heterocycles. The number of halogens is 4. The van der Waals surface area contributed by atoms with E-state index in [9.17, 15) is 18.3 Å². The number of benzene rings is 2. The van der Waals surface area contributed by atoms with Gasteiger partial charge in [0.25, 0.3) is 0 Å². The minimum Gasteiger partial charge on any atom is -0.492 e. The van der Waals surface area contributed by atoms with Crippen molar-refractivity contribution in [3.05, 3.63) is 69.2 Å². The number of hydrogen-bond acceptors (Lipinski definition) is 6. The van der Waals surface area contributed by atoms with Crippen molar-refractivity contribution in [2.45, 2.75) is 25.1 Å². The van der Waals surface area contributed by atoms with Crippen LogP contribution in [0, 0.1) is 0 Å². The summed E-state index contributed by atoms with van der Waals surface area (Å²) in [6, 6.07) is 9.00. The number of nitrogens with zero attached hydrogens (tertiary/aromatic N) is 3. The van der Waals surface area contributed by atoms with Crippen molar-refractivity contribution in [2.24, 2.45) is 5.73 Å². The Balaban J connectivity index is 1.68. The van der Waals surface area contributed by atoms with Crippen LogP contribution >= 0.6 is 22.9 Å². The minimum atomic E-state index is -4.61. The maximum atomic E-state index is 13.8. The van der Waals surface area contributed by atoms with Gasteiger partial charge in [0, 0.05) is 35.1 Å². The van der Waals surface area contributed by atoms with Crippen LogP contribution in [0.25, 0.3) is 22.6 Å². The highest BCUT2D eigenvalue weighted by atomic mass is 35.5. The lowest BCUT2D eigenvalue weighted by atomic mass is 9.98. The van der Waals surface area contributed by atoms with Gasteiger partial charge in [-0.05, 0) is 54.3 Å². The number of nitrogens with one attached hydrogen (secondary N) is 1. The molecular weight excluding hydrogens is 499 g/mol. The second kappa shape index (κ2) is 9.18. The number of aromatic amines is 1. The van der Waals surface area contributed by atoms with Crippen molar-refractivity contribution in [3.8, 4) is 5.88 Å². The molecule has 35 heavy (non-hydrogen) atoms.